The lowest BCUT2D eigenvalue weighted by atomic mass is 9.86. The van der Waals surface area contributed by atoms with Gasteiger partial charge in [0.25, 0.3) is 0 Å². The molecule has 0 spiro atoms. The number of hydrogen-bond acceptors (Lipinski definition) is 2. The third-order valence-electron chi connectivity index (χ3n) is 10.1. The minimum absolute atomic E-state index is 0.775. The van der Waals surface area contributed by atoms with Crippen LogP contribution in [0.5, 0.6) is 5.75 Å². The van der Waals surface area contributed by atoms with E-state index in [1.165, 1.54) is 65.9 Å². The molecule has 240 valence electrons. The summed E-state index contributed by atoms with van der Waals surface area (Å²) in [6, 6.07) is 43.7. The summed E-state index contributed by atoms with van der Waals surface area (Å²) < 4.78 is 12.5. The van der Waals surface area contributed by atoms with Crippen LogP contribution in [0.25, 0.3) is 76.5 Å². The first kappa shape index (κ1) is 30.0. The van der Waals surface area contributed by atoms with Crippen LogP contribution in [-0.2, 0) is 6.42 Å². The lowest BCUT2D eigenvalue weighted by Gasteiger charge is -2.18. The van der Waals surface area contributed by atoms with Crippen molar-refractivity contribution in [2.75, 3.05) is 0 Å². The zero-order chi connectivity index (χ0) is 33.8. The van der Waals surface area contributed by atoms with Crippen molar-refractivity contribution in [3.63, 3.8) is 0 Å². The molecule has 0 N–H and O–H groups in total. The normalized spacial score (nSPS) is 14.6. The summed E-state index contributed by atoms with van der Waals surface area (Å²) in [5, 5.41) is 9.72. The molecule has 0 unspecified atom stereocenters. The van der Waals surface area contributed by atoms with Crippen LogP contribution in [0.3, 0.4) is 0 Å². The Morgan fingerprint density at radius 1 is 0.600 bits per heavy atom. The second-order valence-electron chi connectivity index (χ2n) is 13.3. The van der Waals surface area contributed by atoms with E-state index in [-0.39, 0.29) is 0 Å². The zero-order valence-electron chi connectivity index (χ0n) is 28.5. The Morgan fingerprint density at radius 2 is 1.26 bits per heavy atom. The second kappa shape index (κ2) is 12.1. The van der Waals surface area contributed by atoms with E-state index in [0.29, 0.717) is 0 Å². The molecule has 2 heterocycles. The van der Waals surface area contributed by atoms with E-state index in [1.54, 1.807) is 0 Å². The van der Waals surface area contributed by atoms with E-state index >= 15 is 0 Å². The van der Waals surface area contributed by atoms with Gasteiger partial charge in [-0.15, -0.1) is 0 Å². The SMILES string of the molecule is C/C=C\C=C(/C)c1c2ccccc2c(-c2ccc(/C(C)=C/C=C3\Cc4cc5cc6c(cc5cc4O3)oc3ccccc36)cc2)c2ccccc12. The molecule has 0 amide bonds. The first-order chi connectivity index (χ1) is 24.6. The Balaban J connectivity index is 1.02. The topological polar surface area (TPSA) is 22.4 Å². The van der Waals surface area contributed by atoms with Crippen molar-refractivity contribution in [2.45, 2.75) is 27.2 Å². The number of para-hydroxylation sites is 1. The number of rotatable bonds is 5. The minimum atomic E-state index is 0.775. The molecule has 0 aliphatic carbocycles. The summed E-state index contributed by atoms with van der Waals surface area (Å²) in [6.07, 6.45) is 11.5. The maximum atomic E-state index is 6.36. The smallest absolute Gasteiger partial charge is 0.136 e. The Labute approximate surface area is 291 Å². The molecule has 0 fully saturated rings. The second-order valence-corrected chi connectivity index (χ2v) is 13.3. The average molecular weight is 645 g/mol. The molecule has 1 aliphatic heterocycles. The van der Waals surface area contributed by atoms with Crippen LogP contribution in [0.2, 0.25) is 0 Å². The number of benzene rings is 7. The molecule has 1 aromatic heterocycles. The molecule has 0 bridgehead atoms. The molecule has 50 heavy (non-hydrogen) atoms. The van der Waals surface area contributed by atoms with E-state index in [2.05, 4.69) is 160 Å². The molecule has 0 saturated carbocycles. The van der Waals surface area contributed by atoms with Crippen molar-refractivity contribution in [1.82, 2.24) is 0 Å². The van der Waals surface area contributed by atoms with E-state index in [4.69, 9.17) is 9.15 Å². The molecule has 0 saturated heterocycles. The van der Waals surface area contributed by atoms with Gasteiger partial charge in [-0.25, -0.2) is 0 Å². The van der Waals surface area contributed by atoms with Crippen molar-refractivity contribution >= 4 is 65.4 Å². The third-order valence-corrected chi connectivity index (χ3v) is 10.1. The molecule has 7 aromatic carbocycles. The fraction of sp³-hybridized carbons (Fsp3) is 0.0833. The Hall–Kier alpha value is -6.12. The summed E-state index contributed by atoms with van der Waals surface area (Å²) >= 11 is 0. The van der Waals surface area contributed by atoms with Gasteiger partial charge >= 0.3 is 0 Å². The minimum Gasteiger partial charge on any atom is -0.461 e. The zero-order valence-corrected chi connectivity index (χ0v) is 28.5. The highest BCUT2D eigenvalue weighted by Crippen LogP contribution is 2.42. The quantitative estimate of drug-likeness (QED) is 0.137. The number of fused-ring (bicyclic) bond motifs is 7. The van der Waals surface area contributed by atoms with Crippen LogP contribution in [0.15, 0.2) is 162 Å². The molecule has 2 nitrogen and oxygen atoms in total. The summed E-state index contributed by atoms with van der Waals surface area (Å²) in [5.41, 5.74) is 10.5. The van der Waals surface area contributed by atoms with Gasteiger partial charge in [-0.2, -0.15) is 0 Å². The Bertz CT molecular complexity index is 2710. The summed E-state index contributed by atoms with van der Waals surface area (Å²) in [7, 11) is 0. The molecule has 2 heteroatoms. The number of hydrogen-bond donors (Lipinski definition) is 0. The lowest BCUT2D eigenvalue weighted by molar-refractivity contribution is 0.447. The van der Waals surface area contributed by atoms with Crippen molar-refractivity contribution in [3.8, 4) is 16.9 Å². The first-order valence-electron chi connectivity index (χ1n) is 17.3. The van der Waals surface area contributed by atoms with Crippen molar-refractivity contribution in [3.05, 3.63) is 174 Å². The number of allylic oxidation sites excluding steroid dienone is 8. The molecule has 0 radical (unpaired) electrons. The first-order valence-corrected chi connectivity index (χ1v) is 17.3. The van der Waals surface area contributed by atoms with Crippen LogP contribution in [-0.4, -0.2) is 0 Å². The average Bonchev–Trinajstić information content (AvgIpc) is 3.72. The predicted molar refractivity (Wildman–Crippen MR) is 213 cm³/mol. The van der Waals surface area contributed by atoms with Gasteiger partial charge in [0.2, 0.25) is 0 Å². The molecule has 8 aromatic rings. The predicted octanol–water partition coefficient (Wildman–Crippen LogP) is 13.6. The summed E-state index contributed by atoms with van der Waals surface area (Å²) in [6.45, 7) is 6.44. The van der Waals surface area contributed by atoms with Crippen LogP contribution in [0.4, 0.5) is 0 Å². The molecule has 1 aliphatic rings. The van der Waals surface area contributed by atoms with E-state index in [0.717, 1.165) is 45.3 Å². The van der Waals surface area contributed by atoms with Crippen molar-refractivity contribution in [1.29, 1.82) is 0 Å². The molecular formula is C48H36O2. The summed E-state index contributed by atoms with van der Waals surface area (Å²) in [4.78, 5) is 0. The largest absolute Gasteiger partial charge is 0.461 e. The lowest BCUT2D eigenvalue weighted by Crippen LogP contribution is -1.92. The highest BCUT2D eigenvalue weighted by atomic mass is 16.5. The molecular weight excluding hydrogens is 609 g/mol. The number of furan rings is 1. The standard InChI is InChI=1S/C48H36O2/c1-4-5-12-31(3)47-39-14-6-8-16-41(39)48(42-17-9-7-15-40(42)47)33-22-20-32(21-23-33)30(2)19-24-37-26-36-25-34-27-43-38-13-10-11-18-44(38)50-46(43)29-35(34)28-45(36)49-37/h4-25,27-29H,26H2,1-3H3/b5-4-,30-19+,31-12+,37-24+. The van der Waals surface area contributed by atoms with Gasteiger partial charge in [-0.1, -0.05) is 115 Å². The fourth-order valence-corrected chi connectivity index (χ4v) is 7.64. The summed E-state index contributed by atoms with van der Waals surface area (Å²) in [5.74, 6) is 1.88. The highest BCUT2D eigenvalue weighted by Gasteiger charge is 2.19. The van der Waals surface area contributed by atoms with E-state index < -0.39 is 0 Å². The van der Waals surface area contributed by atoms with Crippen LogP contribution >= 0.6 is 0 Å². The van der Waals surface area contributed by atoms with Gasteiger partial charge in [-0.3, -0.25) is 0 Å². The maximum absolute atomic E-state index is 6.36. The third kappa shape index (κ3) is 5.04. The van der Waals surface area contributed by atoms with Gasteiger partial charge in [-0.05, 0) is 123 Å². The molecule has 9 rings (SSSR count). The van der Waals surface area contributed by atoms with Crippen LogP contribution < -0.4 is 4.74 Å². The van der Waals surface area contributed by atoms with E-state index in [9.17, 15) is 0 Å². The van der Waals surface area contributed by atoms with Crippen LogP contribution in [0.1, 0.15) is 37.5 Å². The molecule has 0 atom stereocenters. The van der Waals surface area contributed by atoms with Gasteiger partial charge in [0.1, 0.15) is 22.7 Å². The van der Waals surface area contributed by atoms with Crippen LogP contribution in [0, 0.1) is 0 Å². The van der Waals surface area contributed by atoms with Gasteiger partial charge in [0, 0.05) is 22.8 Å². The van der Waals surface area contributed by atoms with Gasteiger partial charge in [0.05, 0.1) is 0 Å². The van der Waals surface area contributed by atoms with Crippen molar-refractivity contribution < 1.29 is 9.15 Å². The monoisotopic (exact) mass is 644 g/mol. The van der Waals surface area contributed by atoms with Crippen molar-refractivity contribution in [2.24, 2.45) is 0 Å². The van der Waals surface area contributed by atoms with Gasteiger partial charge in [0.15, 0.2) is 0 Å². The van der Waals surface area contributed by atoms with E-state index in [1.807, 2.05) is 12.1 Å². The maximum Gasteiger partial charge on any atom is 0.136 e. The Morgan fingerprint density at radius 3 is 1.98 bits per heavy atom. The Kier molecular flexibility index (Phi) is 7.25. The van der Waals surface area contributed by atoms with Gasteiger partial charge < -0.3 is 9.15 Å². The fourth-order valence-electron chi connectivity index (χ4n) is 7.64. The number of ether oxygens (including phenoxy) is 1. The highest BCUT2D eigenvalue weighted by molar-refractivity contribution is 6.18.